The number of nitrogens with one attached hydrogen (secondary N) is 1. The Morgan fingerprint density at radius 1 is 0.812 bits per heavy atom. The normalized spacial score (nSPS) is 17.9. The van der Waals surface area contributed by atoms with Crippen molar-refractivity contribution in [3.63, 3.8) is 0 Å². The molecule has 3 aromatic rings. The molecular weight excluding hydrogens is 418 g/mol. The van der Waals surface area contributed by atoms with Gasteiger partial charge in [-0.05, 0) is 43.6 Å². The minimum Gasteiger partial charge on any atom is -0.344 e. The molecule has 8 heteroatoms. The van der Waals surface area contributed by atoms with Gasteiger partial charge in [0.25, 0.3) is 0 Å². The van der Waals surface area contributed by atoms with Gasteiger partial charge in [0.2, 0.25) is 10.3 Å². The number of nitrogens with zero attached hydrogens (tertiary/aromatic N) is 6. The number of anilines is 1. The van der Waals surface area contributed by atoms with E-state index in [1.807, 2.05) is 0 Å². The van der Waals surface area contributed by atoms with Crippen molar-refractivity contribution >= 4 is 16.5 Å². The third-order valence-corrected chi connectivity index (χ3v) is 7.43. The predicted molar refractivity (Wildman–Crippen MR) is 131 cm³/mol. The summed E-state index contributed by atoms with van der Waals surface area (Å²) in [5, 5.41) is 14.6. The van der Waals surface area contributed by atoms with Crippen molar-refractivity contribution in [1.29, 1.82) is 0 Å². The second kappa shape index (κ2) is 10.6. The lowest BCUT2D eigenvalue weighted by Crippen LogP contribution is -2.45. The minimum atomic E-state index is 0.855. The fourth-order valence-electron chi connectivity index (χ4n) is 4.58. The molecule has 0 radical (unpaired) electrons. The molecule has 0 unspecified atom stereocenters. The van der Waals surface area contributed by atoms with Crippen molar-refractivity contribution in [2.45, 2.75) is 25.9 Å². The molecule has 0 spiro atoms. The van der Waals surface area contributed by atoms with Crippen molar-refractivity contribution in [2.24, 2.45) is 0 Å². The Kier molecular flexibility index (Phi) is 7.13. The van der Waals surface area contributed by atoms with Gasteiger partial charge in [0.05, 0.1) is 0 Å². The zero-order valence-electron chi connectivity index (χ0n) is 18.7. The molecule has 2 aliphatic rings. The fraction of sp³-hybridized carbons (Fsp3) is 0.500. The molecule has 2 aliphatic heterocycles. The summed E-state index contributed by atoms with van der Waals surface area (Å²) in [5.41, 5.74) is 2.62. The van der Waals surface area contributed by atoms with E-state index in [-0.39, 0.29) is 0 Å². The number of piperazine rings is 1. The van der Waals surface area contributed by atoms with Crippen LogP contribution in [0.3, 0.4) is 0 Å². The summed E-state index contributed by atoms with van der Waals surface area (Å²) in [4.78, 5) is 7.44. The van der Waals surface area contributed by atoms with Crippen molar-refractivity contribution < 1.29 is 0 Å². The maximum Gasteiger partial charge on any atom is 0.218 e. The molecule has 1 N–H and O–H groups in total. The highest BCUT2D eigenvalue weighted by Gasteiger charge is 2.21. The Morgan fingerprint density at radius 3 is 2.41 bits per heavy atom. The largest absolute Gasteiger partial charge is 0.344 e. The molecule has 2 aromatic heterocycles. The van der Waals surface area contributed by atoms with Crippen LogP contribution in [0.5, 0.6) is 0 Å². The molecule has 0 saturated carbocycles. The number of aromatic nitrogens is 3. The van der Waals surface area contributed by atoms with Gasteiger partial charge in [0, 0.05) is 64.2 Å². The number of rotatable bonds is 9. The summed E-state index contributed by atoms with van der Waals surface area (Å²) in [5.74, 6) is 0. The highest BCUT2D eigenvalue weighted by molar-refractivity contribution is 7.17. The fourth-order valence-corrected chi connectivity index (χ4v) is 5.49. The smallest absolute Gasteiger partial charge is 0.218 e. The summed E-state index contributed by atoms with van der Waals surface area (Å²) in [7, 11) is 0. The van der Waals surface area contributed by atoms with Crippen molar-refractivity contribution in [3.05, 3.63) is 59.9 Å². The van der Waals surface area contributed by atoms with Crippen molar-refractivity contribution in [3.8, 4) is 5.13 Å². The van der Waals surface area contributed by atoms with Gasteiger partial charge in [-0.15, -0.1) is 10.2 Å². The van der Waals surface area contributed by atoms with Gasteiger partial charge in [-0.25, -0.2) is 0 Å². The van der Waals surface area contributed by atoms with E-state index >= 15 is 0 Å². The van der Waals surface area contributed by atoms with Gasteiger partial charge in [0.1, 0.15) is 0 Å². The first-order valence-electron chi connectivity index (χ1n) is 11.8. The number of likely N-dealkylation sites (tertiary alicyclic amines) is 1. The van der Waals surface area contributed by atoms with Crippen LogP contribution >= 0.6 is 11.3 Å². The average Bonchev–Trinajstić information content (AvgIpc) is 3.60. The molecule has 0 amide bonds. The monoisotopic (exact) mass is 451 g/mol. The third kappa shape index (κ3) is 5.38. The van der Waals surface area contributed by atoms with Crippen LogP contribution in [0.1, 0.15) is 24.1 Å². The number of hydrogen-bond acceptors (Lipinski definition) is 7. The van der Waals surface area contributed by atoms with Gasteiger partial charge in [-0.3, -0.25) is 9.47 Å². The quantitative estimate of drug-likeness (QED) is 0.505. The zero-order chi connectivity index (χ0) is 21.6. The van der Waals surface area contributed by atoms with Crippen LogP contribution in [0, 0.1) is 0 Å². The van der Waals surface area contributed by atoms with Crippen LogP contribution in [0.4, 0.5) is 5.13 Å². The second-order valence-electron chi connectivity index (χ2n) is 8.71. The summed E-state index contributed by atoms with van der Waals surface area (Å²) < 4.78 is 2.18. The summed E-state index contributed by atoms with van der Waals surface area (Å²) in [6, 6.07) is 15.0. The molecule has 2 fully saturated rings. The molecule has 0 bridgehead atoms. The van der Waals surface area contributed by atoms with Gasteiger partial charge >= 0.3 is 0 Å². The molecule has 0 atom stereocenters. The molecule has 32 heavy (non-hydrogen) atoms. The lowest BCUT2D eigenvalue weighted by Gasteiger charge is -2.34. The van der Waals surface area contributed by atoms with E-state index in [0.29, 0.717) is 0 Å². The molecule has 5 rings (SSSR count). The molecule has 170 valence electrons. The molecule has 7 nitrogen and oxygen atoms in total. The van der Waals surface area contributed by atoms with E-state index in [1.54, 1.807) is 11.3 Å². The summed E-state index contributed by atoms with van der Waals surface area (Å²) in [6.45, 7) is 10.7. The van der Waals surface area contributed by atoms with Crippen LogP contribution in [-0.4, -0.2) is 76.9 Å². The third-order valence-electron chi connectivity index (χ3n) is 6.44. The van der Waals surface area contributed by atoms with E-state index in [4.69, 9.17) is 0 Å². The zero-order valence-corrected chi connectivity index (χ0v) is 19.5. The maximum absolute atomic E-state index is 4.52. The van der Waals surface area contributed by atoms with Crippen molar-refractivity contribution in [1.82, 2.24) is 29.9 Å². The topological polar surface area (TPSA) is 52.5 Å². The lowest BCUT2D eigenvalue weighted by molar-refractivity contribution is 0.249. The van der Waals surface area contributed by atoms with E-state index in [1.165, 1.54) is 37.2 Å². The van der Waals surface area contributed by atoms with Crippen LogP contribution < -0.4 is 10.2 Å². The maximum atomic E-state index is 4.52. The van der Waals surface area contributed by atoms with Gasteiger partial charge in [-0.2, -0.15) is 0 Å². The van der Waals surface area contributed by atoms with Crippen LogP contribution in [0.2, 0.25) is 0 Å². The molecular formula is C24H33N7S. The first kappa shape index (κ1) is 21.6. The highest BCUT2D eigenvalue weighted by Crippen LogP contribution is 2.25. The highest BCUT2D eigenvalue weighted by atomic mass is 32.1. The first-order valence-corrected chi connectivity index (χ1v) is 12.6. The van der Waals surface area contributed by atoms with Gasteiger partial charge in [-0.1, -0.05) is 41.7 Å². The van der Waals surface area contributed by atoms with E-state index in [9.17, 15) is 0 Å². The Morgan fingerprint density at radius 2 is 1.59 bits per heavy atom. The molecule has 2 saturated heterocycles. The second-order valence-corrected chi connectivity index (χ2v) is 9.65. The van der Waals surface area contributed by atoms with Crippen LogP contribution in [-0.2, 0) is 13.1 Å². The summed E-state index contributed by atoms with van der Waals surface area (Å²) in [6.07, 6.45) is 4.80. The van der Waals surface area contributed by atoms with E-state index in [0.717, 1.165) is 62.6 Å². The van der Waals surface area contributed by atoms with Crippen molar-refractivity contribution in [2.75, 3.05) is 57.3 Å². The Bertz CT molecular complexity index is 956. The minimum absolute atomic E-state index is 0.855. The Hall–Kier alpha value is -2.26. The van der Waals surface area contributed by atoms with Gasteiger partial charge in [0.15, 0.2) is 0 Å². The number of benzene rings is 1. The standard InChI is InChI=1S/C24H33N7S/c1-2-7-21(8-3-1)20-29-15-17-30(18-16-29)23-26-27-24(32-23)31-13-6-9-22(31)19-25-10-14-28-11-4-5-12-28/h1-3,6-9,13,25H,4-5,10-12,14-20H2. The Labute approximate surface area is 194 Å². The molecule has 4 heterocycles. The van der Waals surface area contributed by atoms with E-state index in [2.05, 4.69) is 83.4 Å². The SMILES string of the molecule is c1ccc(CN2CCN(c3nnc(-n4cccc4CNCCN4CCCC4)s3)CC2)cc1. The Balaban J connectivity index is 1.12. The average molecular weight is 452 g/mol. The molecule has 1 aromatic carbocycles. The molecule has 0 aliphatic carbocycles. The van der Waals surface area contributed by atoms with Gasteiger partial charge < -0.3 is 15.1 Å². The predicted octanol–water partition coefficient (Wildman–Crippen LogP) is 2.84. The number of hydrogen-bond donors (Lipinski definition) is 1. The van der Waals surface area contributed by atoms with Crippen LogP contribution in [0.25, 0.3) is 5.13 Å². The lowest BCUT2D eigenvalue weighted by atomic mass is 10.2. The van der Waals surface area contributed by atoms with Crippen LogP contribution in [0.15, 0.2) is 48.7 Å². The first-order chi connectivity index (χ1) is 15.8. The summed E-state index contributed by atoms with van der Waals surface area (Å²) >= 11 is 1.69. The van der Waals surface area contributed by atoms with E-state index < -0.39 is 0 Å².